The number of alkyl halides is 3. The second kappa shape index (κ2) is 4.15. The maximum atomic E-state index is 12.7. The van der Waals surface area contributed by atoms with E-state index >= 15 is 0 Å². The molecule has 1 heterocycles. The first-order chi connectivity index (χ1) is 8.34. The molecule has 1 aromatic heterocycles. The molecule has 0 aliphatic rings. The van der Waals surface area contributed by atoms with Crippen LogP contribution in [-0.2, 0) is 12.6 Å². The highest BCUT2D eigenvalue weighted by molar-refractivity contribution is 5.80. The van der Waals surface area contributed by atoms with E-state index in [0.717, 1.165) is 12.0 Å². The number of halogens is 3. The van der Waals surface area contributed by atoms with Gasteiger partial charge in [-0.05, 0) is 31.0 Å². The number of aryl methyl sites for hydroxylation is 1. The van der Waals surface area contributed by atoms with Crippen LogP contribution in [0.1, 0.15) is 23.7 Å². The summed E-state index contributed by atoms with van der Waals surface area (Å²) in [5, 5.41) is 0.305. The van der Waals surface area contributed by atoms with Gasteiger partial charge in [0.05, 0.1) is 0 Å². The summed E-state index contributed by atoms with van der Waals surface area (Å²) in [5.41, 5.74) is -0.679. The number of aromatic nitrogens is 1. The second-order valence-corrected chi connectivity index (χ2v) is 4.19. The second-order valence-electron chi connectivity index (χ2n) is 4.19. The lowest BCUT2D eigenvalue weighted by Gasteiger charge is -2.11. The fraction of sp³-hybridized carbons (Fsp3) is 0.308. The average Bonchev–Trinajstić information content (AvgIpc) is 2.32. The number of fused-ring (bicyclic) bond motifs is 1. The molecule has 0 bridgehead atoms. The van der Waals surface area contributed by atoms with Crippen LogP contribution < -0.4 is 5.43 Å². The molecule has 0 atom stereocenters. The van der Waals surface area contributed by atoms with E-state index in [1.165, 1.54) is 13.0 Å². The number of H-pyrrole nitrogens is 1. The number of aromatic amines is 1. The highest BCUT2D eigenvalue weighted by Crippen LogP contribution is 2.30. The zero-order valence-corrected chi connectivity index (χ0v) is 9.98. The standard InChI is InChI=1S/C13H12F3NO/c1-3-8-4-5-10-9(6-8)11(18)7(2)12(17-10)13(14,15)16/h4-6H,3H2,1-2H3,(H,17,18). The first kappa shape index (κ1) is 12.7. The number of nitrogens with one attached hydrogen (secondary N) is 1. The smallest absolute Gasteiger partial charge is 0.351 e. The summed E-state index contributed by atoms with van der Waals surface area (Å²) in [7, 11) is 0. The van der Waals surface area contributed by atoms with Gasteiger partial charge >= 0.3 is 6.18 Å². The number of benzene rings is 1. The Morgan fingerprint density at radius 2 is 1.94 bits per heavy atom. The molecule has 0 aliphatic heterocycles. The topological polar surface area (TPSA) is 32.9 Å². The Hall–Kier alpha value is -1.78. The Morgan fingerprint density at radius 3 is 2.50 bits per heavy atom. The highest BCUT2D eigenvalue weighted by Gasteiger charge is 2.34. The molecular formula is C13H12F3NO. The number of hydrogen-bond acceptors (Lipinski definition) is 1. The van der Waals surface area contributed by atoms with Gasteiger partial charge in [-0.1, -0.05) is 13.0 Å². The van der Waals surface area contributed by atoms with E-state index in [0.29, 0.717) is 5.39 Å². The quantitative estimate of drug-likeness (QED) is 0.832. The van der Waals surface area contributed by atoms with Gasteiger partial charge in [0.1, 0.15) is 5.69 Å². The van der Waals surface area contributed by atoms with E-state index in [4.69, 9.17) is 0 Å². The van der Waals surface area contributed by atoms with Crippen molar-refractivity contribution in [2.75, 3.05) is 0 Å². The Labute approximate surface area is 101 Å². The summed E-state index contributed by atoms with van der Waals surface area (Å²) in [5.74, 6) is 0. The third kappa shape index (κ3) is 2.00. The van der Waals surface area contributed by atoms with Crippen molar-refractivity contribution in [3.05, 3.63) is 45.2 Å². The van der Waals surface area contributed by atoms with Crippen molar-refractivity contribution < 1.29 is 13.2 Å². The molecule has 0 spiro atoms. The minimum absolute atomic E-state index is 0.218. The molecule has 0 aliphatic carbocycles. The molecule has 5 heteroatoms. The van der Waals surface area contributed by atoms with Crippen LogP contribution in [-0.4, -0.2) is 4.98 Å². The van der Waals surface area contributed by atoms with Crippen molar-refractivity contribution in [1.29, 1.82) is 0 Å². The molecule has 2 aromatic rings. The molecular weight excluding hydrogens is 243 g/mol. The molecule has 0 amide bonds. The Bertz CT molecular complexity index is 656. The van der Waals surface area contributed by atoms with Crippen LogP contribution in [0.15, 0.2) is 23.0 Å². The first-order valence-corrected chi connectivity index (χ1v) is 5.57. The highest BCUT2D eigenvalue weighted by atomic mass is 19.4. The van der Waals surface area contributed by atoms with Crippen molar-refractivity contribution in [2.45, 2.75) is 26.4 Å². The number of rotatable bonds is 1. The third-order valence-electron chi connectivity index (χ3n) is 3.00. The zero-order valence-electron chi connectivity index (χ0n) is 9.98. The van der Waals surface area contributed by atoms with E-state index in [1.807, 2.05) is 6.92 Å². The Morgan fingerprint density at radius 1 is 1.28 bits per heavy atom. The van der Waals surface area contributed by atoms with Gasteiger partial charge in [0.15, 0.2) is 5.43 Å². The lowest BCUT2D eigenvalue weighted by molar-refractivity contribution is -0.141. The molecule has 0 unspecified atom stereocenters. The minimum atomic E-state index is -4.54. The molecule has 0 fully saturated rings. The van der Waals surface area contributed by atoms with Crippen molar-refractivity contribution in [3.63, 3.8) is 0 Å². The zero-order chi connectivity index (χ0) is 13.5. The molecule has 18 heavy (non-hydrogen) atoms. The summed E-state index contributed by atoms with van der Waals surface area (Å²) >= 11 is 0. The van der Waals surface area contributed by atoms with Crippen LogP contribution in [0.3, 0.4) is 0 Å². The third-order valence-corrected chi connectivity index (χ3v) is 3.00. The van der Waals surface area contributed by atoms with Crippen LogP contribution in [0.4, 0.5) is 13.2 Å². The Balaban J connectivity index is 2.83. The summed E-state index contributed by atoms with van der Waals surface area (Å²) in [4.78, 5) is 14.2. The minimum Gasteiger partial charge on any atom is -0.351 e. The van der Waals surface area contributed by atoms with Crippen LogP contribution in [0.2, 0.25) is 0 Å². The molecule has 0 radical (unpaired) electrons. The van der Waals surface area contributed by atoms with Crippen LogP contribution >= 0.6 is 0 Å². The lowest BCUT2D eigenvalue weighted by Crippen LogP contribution is -2.18. The van der Waals surface area contributed by atoms with Gasteiger partial charge in [0.25, 0.3) is 0 Å². The molecule has 0 saturated heterocycles. The van der Waals surface area contributed by atoms with Crippen molar-refractivity contribution >= 4 is 10.9 Å². The summed E-state index contributed by atoms with van der Waals surface area (Å²) in [6, 6.07) is 4.87. The van der Waals surface area contributed by atoms with Gasteiger partial charge in [-0.2, -0.15) is 13.2 Å². The van der Waals surface area contributed by atoms with Gasteiger partial charge < -0.3 is 4.98 Å². The van der Waals surface area contributed by atoms with Gasteiger partial charge in [0.2, 0.25) is 0 Å². The molecule has 1 N–H and O–H groups in total. The Kier molecular flexibility index (Phi) is 2.92. The van der Waals surface area contributed by atoms with Gasteiger partial charge in [-0.15, -0.1) is 0 Å². The van der Waals surface area contributed by atoms with Crippen LogP contribution in [0, 0.1) is 6.92 Å². The van der Waals surface area contributed by atoms with E-state index in [2.05, 4.69) is 4.98 Å². The fourth-order valence-corrected chi connectivity index (χ4v) is 1.94. The fourth-order valence-electron chi connectivity index (χ4n) is 1.94. The lowest BCUT2D eigenvalue weighted by atomic mass is 10.1. The van der Waals surface area contributed by atoms with Gasteiger partial charge in [-0.25, -0.2) is 0 Å². The molecule has 96 valence electrons. The molecule has 0 saturated carbocycles. The van der Waals surface area contributed by atoms with Crippen LogP contribution in [0.25, 0.3) is 10.9 Å². The molecule has 2 nitrogen and oxygen atoms in total. The monoisotopic (exact) mass is 255 g/mol. The largest absolute Gasteiger partial charge is 0.431 e. The van der Waals surface area contributed by atoms with E-state index in [1.54, 1.807) is 12.1 Å². The normalized spacial score (nSPS) is 12.1. The van der Waals surface area contributed by atoms with Crippen LogP contribution in [0.5, 0.6) is 0 Å². The summed E-state index contributed by atoms with van der Waals surface area (Å²) < 4.78 is 38.2. The summed E-state index contributed by atoms with van der Waals surface area (Å²) in [6.45, 7) is 3.12. The van der Waals surface area contributed by atoms with Crippen molar-refractivity contribution in [2.24, 2.45) is 0 Å². The predicted molar refractivity (Wildman–Crippen MR) is 63.7 cm³/mol. The van der Waals surface area contributed by atoms with E-state index < -0.39 is 17.3 Å². The first-order valence-electron chi connectivity index (χ1n) is 5.57. The maximum absolute atomic E-state index is 12.7. The number of pyridine rings is 1. The maximum Gasteiger partial charge on any atom is 0.431 e. The number of hydrogen-bond donors (Lipinski definition) is 1. The molecule has 1 aromatic carbocycles. The van der Waals surface area contributed by atoms with Crippen molar-refractivity contribution in [1.82, 2.24) is 4.98 Å². The van der Waals surface area contributed by atoms with E-state index in [9.17, 15) is 18.0 Å². The predicted octanol–water partition coefficient (Wildman–Crippen LogP) is 3.42. The summed E-state index contributed by atoms with van der Waals surface area (Å²) in [6.07, 6.45) is -3.81. The van der Waals surface area contributed by atoms with Gasteiger partial charge in [-0.3, -0.25) is 4.79 Å². The van der Waals surface area contributed by atoms with Gasteiger partial charge in [0, 0.05) is 16.5 Å². The molecule has 2 rings (SSSR count). The SMILES string of the molecule is CCc1ccc2[nH]c(C(F)(F)F)c(C)c(=O)c2c1. The average molecular weight is 255 g/mol. The van der Waals surface area contributed by atoms with Crippen molar-refractivity contribution in [3.8, 4) is 0 Å². The van der Waals surface area contributed by atoms with E-state index in [-0.39, 0.29) is 11.1 Å².